The Labute approximate surface area is 104 Å². The minimum Gasteiger partial charge on any atom is -0.429 e. The van der Waals surface area contributed by atoms with E-state index in [4.69, 9.17) is 4.74 Å². The highest BCUT2D eigenvalue weighted by Gasteiger charge is 2.08. The van der Waals surface area contributed by atoms with Crippen molar-refractivity contribution < 1.29 is 19.1 Å². The highest BCUT2D eigenvalue weighted by atomic mass is 16.5. The first kappa shape index (κ1) is 11.9. The Morgan fingerprint density at radius 3 is 2.17 bits per heavy atom. The van der Waals surface area contributed by atoms with Crippen LogP contribution in [0.5, 0.6) is 11.5 Å². The molecule has 0 heterocycles. The molecule has 0 aliphatic carbocycles. The van der Waals surface area contributed by atoms with Crippen LogP contribution in [0.15, 0.2) is 54.6 Å². The van der Waals surface area contributed by atoms with E-state index < -0.39 is 5.97 Å². The molecule has 0 aliphatic rings. The molecule has 0 saturated carbocycles. The molecule has 2 aromatic rings. The quantitative estimate of drug-likeness (QED) is 0.469. The van der Waals surface area contributed by atoms with Gasteiger partial charge in [0.1, 0.15) is 11.5 Å². The predicted octanol–water partition coefficient (Wildman–Crippen LogP) is 2.44. The second-order valence-electron chi connectivity index (χ2n) is 3.44. The van der Waals surface area contributed by atoms with Crippen molar-refractivity contribution in [1.82, 2.24) is 0 Å². The van der Waals surface area contributed by atoms with Gasteiger partial charge in [-0.25, -0.2) is 4.79 Å². The maximum absolute atomic E-state index is 11.8. The molecule has 0 aliphatic heterocycles. The van der Waals surface area contributed by atoms with Crippen LogP contribution in [0, 0.1) is 0 Å². The van der Waals surface area contributed by atoms with Crippen molar-refractivity contribution in [2.45, 2.75) is 0 Å². The number of hydrogen-bond donors (Lipinski definition) is 0. The van der Waals surface area contributed by atoms with Gasteiger partial charge in [-0.05, 0) is 36.4 Å². The van der Waals surface area contributed by atoms with Crippen LogP contribution in [0.1, 0.15) is 10.4 Å². The molecule has 0 amide bonds. The lowest BCUT2D eigenvalue weighted by Gasteiger charge is -2.04. The lowest BCUT2D eigenvalue weighted by molar-refractivity contribution is -0.120. The average Bonchev–Trinajstić information content (AvgIpc) is 2.41. The van der Waals surface area contributed by atoms with E-state index in [-0.39, 0.29) is 0 Å². The molecule has 18 heavy (non-hydrogen) atoms. The Bertz CT molecular complexity index is 531. The molecule has 4 heteroatoms. The van der Waals surface area contributed by atoms with Gasteiger partial charge >= 0.3 is 5.97 Å². The predicted molar refractivity (Wildman–Crippen MR) is 64.5 cm³/mol. The van der Waals surface area contributed by atoms with E-state index in [1.165, 1.54) is 24.3 Å². The molecule has 0 fully saturated rings. The van der Waals surface area contributed by atoms with Crippen LogP contribution in [-0.2, 0) is 4.79 Å². The first-order valence-corrected chi connectivity index (χ1v) is 5.27. The number of carbonyl (C=O) groups excluding carboxylic acids is 2. The van der Waals surface area contributed by atoms with Gasteiger partial charge in [-0.3, -0.25) is 4.79 Å². The number of ether oxygens (including phenoxy) is 2. The van der Waals surface area contributed by atoms with Gasteiger partial charge in [0.05, 0.1) is 5.56 Å². The molecule has 0 aromatic heterocycles. The molecular weight excluding hydrogens is 232 g/mol. The van der Waals surface area contributed by atoms with Crippen molar-refractivity contribution in [2.24, 2.45) is 0 Å². The van der Waals surface area contributed by atoms with Crippen LogP contribution in [0.2, 0.25) is 0 Å². The van der Waals surface area contributed by atoms with E-state index in [0.29, 0.717) is 23.5 Å². The summed E-state index contributed by atoms with van der Waals surface area (Å²) in [5, 5.41) is 0. The van der Waals surface area contributed by atoms with E-state index in [2.05, 4.69) is 4.74 Å². The fraction of sp³-hybridized carbons (Fsp3) is 0. The van der Waals surface area contributed by atoms with Gasteiger partial charge in [-0.15, -0.1) is 0 Å². The van der Waals surface area contributed by atoms with Crippen LogP contribution in [0.4, 0.5) is 0 Å². The lowest BCUT2D eigenvalue weighted by Crippen LogP contribution is -2.08. The number of rotatable bonds is 4. The minimum absolute atomic E-state index is 0.331. The van der Waals surface area contributed by atoms with Gasteiger partial charge in [-0.2, -0.15) is 0 Å². The standard InChI is InChI=1S/C14H10O4/c15-10-17-12-8-6-11(7-9-12)14(16)18-13-4-2-1-3-5-13/h1-10H. The summed E-state index contributed by atoms with van der Waals surface area (Å²) in [6.45, 7) is 0.331. The van der Waals surface area contributed by atoms with Crippen molar-refractivity contribution in [3.05, 3.63) is 60.2 Å². The third-order valence-electron chi connectivity index (χ3n) is 2.23. The number of carbonyl (C=O) groups is 2. The third kappa shape index (κ3) is 2.95. The zero-order valence-corrected chi connectivity index (χ0v) is 9.41. The van der Waals surface area contributed by atoms with Crippen molar-refractivity contribution in [2.75, 3.05) is 0 Å². The maximum atomic E-state index is 11.8. The lowest BCUT2D eigenvalue weighted by atomic mass is 10.2. The zero-order valence-electron chi connectivity index (χ0n) is 9.41. The Balaban J connectivity index is 2.07. The summed E-state index contributed by atoms with van der Waals surface area (Å²) < 4.78 is 9.78. The van der Waals surface area contributed by atoms with E-state index in [1.54, 1.807) is 24.3 Å². The summed E-state index contributed by atoms with van der Waals surface area (Å²) in [6, 6.07) is 14.9. The molecule has 0 atom stereocenters. The van der Waals surface area contributed by atoms with Crippen LogP contribution in [0.3, 0.4) is 0 Å². The molecule has 0 saturated heterocycles. The smallest absolute Gasteiger partial charge is 0.343 e. The van der Waals surface area contributed by atoms with Crippen LogP contribution in [0.25, 0.3) is 0 Å². The van der Waals surface area contributed by atoms with E-state index in [9.17, 15) is 9.59 Å². The number of benzene rings is 2. The molecule has 4 nitrogen and oxygen atoms in total. The number of hydrogen-bond acceptors (Lipinski definition) is 4. The number of para-hydroxylation sites is 1. The van der Waals surface area contributed by atoms with E-state index in [1.807, 2.05) is 6.07 Å². The van der Waals surface area contributed by atoms with Crippen LogP contribution >= 0.6 is 0 Å². The Morgan fingerprint density at radius 1 is 0.889 bits per heavy atom. The fourth-order valence-electron chi connectivity index (χ4n) is 1.38. The molecule has 0 N–H and O–H groups in total. The first-order valence-electron chi connectivity index (χ1n) is 5.27. The van der Waals surface area contributed by atoms with Gasteiger partial charge in [0.2, 0.25) is 0 Å². The second-order valence-corrected chi connectivity index (χ2v) is 3.44. The summed E-state index contributed by atoms with van der Waals surface area (Å²) in [7, 11) is 0. The molecule has 90 valence electrons. The van der Waals surface area contributed by atoms with Crippen LogP contribution < -0.4 is 9.47 Å². The molecule has 0 unspecified atom stereocenters. The van der Waals surface area contributed by atoms with Gasteiger partial charge < -0.3 is 9.47 Å². The highest BCUT2D eigenvalue weighted by Crippen LogP contribution is 2.15. The largest absolute Gasteiger partial charge is 0.429 e. The van der Waals surface area contributed by atoms with Gasteiger partial charge in [0.25, 0.3) is 6.47 Å². The van der Waals surface area contributed by atoms with E-state index in [0.717, 1.165) is 0 Å². The summed E-state index contributed by atoms with van der Waals surface area (Å²) in [4.78, 5) is 21.9. The molecule has 0 radical (unpaired) electrons. The van der Waals surface area contributed by atoms with Crippen molar-refractivity contribution in [3.8, 4) is 11.5 Å². The van der Waals surface area contributed by atoms with Gasteiger partial charge in [-0.1, -0.05) is 18.2 Å². The molecule has 2 aromatic carbocycles. The molecule has 0 spiro atoms. The van der Waals surface area contributed by atoms with Crippen LogP contribution in [-0.4, -0.2) is 12.4 Å². The summed E-state index contributed by atoms with van der Waals surface area (Å²) >= 11 is 0. The SMILES string of the molecule is O=COc1ccc(C(=O)Oc2ccccc2)cc1. The summed E-state index contributed by atoms with van der Waals surface area (Å²) in [6.07, 6.45) is 0. The number of esters is 1. The topological polar surface area (TPSA) is 52.6 Å². The summed E-state index contributed by atoms with van der Waals surface area (Å²) in [5.74, 6) is 0.399. The Hall–Kier alpha value is -2.62. The van der Waals surface area contributed by atoms with E-state index >= 15 is 0 Å². The van der Waals surface area contributed by atoms with Gasteiger partial charge in [0, 0.05) is 0 Å². The molecule has 0 bridgehead atoms. The average molecular weight is 242 g/mol. The zero-order chi connectivity index (χ0) is 12.8. The molecular formula is C14H10O4. The fourth-order valence-corrected chi connectivity index (χ4v) is 1.38. The highest BCUT2D eigenvalue weighted by molar-refractivity contribution is 5.91. The van der Waals surface area contributed by atoms with Gasteiger partial charge in [0.15, 0.2) is 0 Å². The monoisotopic (exact) mass is 242 g/mol. The molecule has 2 rings (SSSR count). The second kappa shape index (κ2) is 5.63. The summed E-state index contributed by atoms with van der Waals surface area (Å²) in [5.41, 5.74) is 0.386. The third-order valence-corrected chi connectivity index (χ3v) is 2.23. The van der Waals surface area contributed by atoms with Crippen molar-refractivity contribution in [1.29, 1.82) is 0 Å². The normalized spacial score (nSPS) is 9.56. The van der Waals surface area contributed by atoms with Crippen molar-refractivity contribution >= 4 is 12.4 Å². The van der Waals surface area contributed by atoms with Crippen molar-refractivity contribution in [3.63, 3.8) is 0 Å². The Morgan fingerprint density at radius 2 is 1.56 bits per heavy atom. The Kier molecular flexibility index (Phi) is 3.71. The minimum atomic E-state index is -0.459. The maximum Gasteiger partial charge on any atom is 0.343 e. The first-order chi connectivity index (χ1) is 8.79.